The van der Waals surface area contributed by atoms with E-state index in [0.29, 0.717) is 10.6 Å². The maximum atomic E-state index is 10.6. The molecule has 0 fully saturated rings. The minimum Gasteiger partial charge on any atom is -0.258 e. The van der Waals surface area contributed by atoms with Crippen molar-refractivity contribution in [3.05, 3.63) is 33.1 Å². The van der Waals surface area contributed by atoms with Crippen LogP contribution in [0.25, 0.3) is 0 Å². The molecule has 0 saturated heterocycles. The fraction of sp³-hybridized carbons (Fsp3) is 0.375. The van der Waals surface area contributed by atoms with Gasteiger partial charge in [-0.15, -0.1) is 0 Å². The van der Waals surface area contributed by atoms with Crippen LogP contribution in [0.1, 0.15) is 25.3 Å². The molecule has 4 nitrogen and oxygen atoms in total. The van der Waals surface area contributed by atoms with E-state index in [2.05, 4.69) is 4.98 Å². The van der Waals surface area contributed by atoms with Gasteiger partial charge in [0.1, 0.15) is 6.20 Å². The molecule has 0 amide bonds. The third-order valence-electron chi connectivity index (χ3n) is 1.69. The van der Waals surface area contributed by atoms with Crippen molar-refractivity contribution in [1.29, 1.82) is 0 Å². The van der Waals surface area contributed by atoms with Gasteiger partial charge in [0, 0.05) is 6.20 Å². The van der Waals surface area contributed by atoms with Crippen LogP contribution in [0.5, 0.6) is 0 Å². The minimum atomic E-state index is -0.464. The van der Waals surface area contributed by atoms with Crippen LogP contribution in [0.3, 0.4) is 0 Å². The van der Waals surface area contributed by atoms with E-state index in [-0.39, 0.29) is 11.6 Å². The summed E-state index contributed by atoms with van der Waals surface area (Å²) in [5, 5.41) is 10.9. The van der Waals surface area contributed by atoms with Gasteiger partial charge >= 0.3 is 0 Å². The lowest BCUT2D eigenvalue weighted by Gasteiger charge is -2.06. The summed E-state index contributed by atoms with van der Waals surface area (Å²) in [6.45, 7) is 3.71. The monoisotopic (exact) mass is 200 g/mol. The van der Waals surface area contributed by atoms with Crippen LogP contribution in [-0.2, 0) is 0 Å². The topological polar surface area (TPSA) is 56.0 Å². The number of nitro groups is 1. The van der Waals surface area contributed by atoms with Crippen LogP contribution in [0.15, 0.2) is 12.4 Å². The summed E-state index contributed by atoms with van der Waals surface area (Å²) < 4.78 is 0. The SMILES string of the molecule is CC(C)c1c(Cl)cncc1[N+](=O)[O-]. The van der Waals surface area contributed by atoms with Gasteiger partial charge in [0.2, 0.25) is 0 Å². The highest BCUT2D eigenvalue weighted by molar-refractivity contribution is 6.31. The molecule has 0 spiro atoms. The van der Waals surface area contributed by atoms with Gasteiger partial charge < -0.3 is 0 Å². The fourth-order valence-electron chi connectivity index (χ4n) is 1.15. The number of hydrogen-bond acceptors (Lipinski definition) is 3. The second-order valence-electron chi connectivity index (χ2n) is 2.97. The molecule has 0 saturated carbocycles. The van der Waals surface area contributed by atoms with Crippen molar-refractivity contribution in [2.45, 2.75) is 19.8 Å². The van der Waals surface area contributed by atoms with Crippen LogP contribution >= 0.6 is 11.6 Å². The Morgan fingerprint density at radius 2 is 2.15 bits per heavy atom. The molecule has 13 heavy (non-hydrogen) atoms. The number of hydrogen-bond donors (Lipinski definition) is 0. The van der Waals surface area contributed by atoms with Gasteiger partial charge in [0.25, 0.3) is 5.69 Å². The first-order chi connectivity index (χ1) is 6.04. The smallest absolute Gasteiger partial charge is 0.258 e. The van der Waals surface area contributed by atoms with Gasteiger partial charge in [0.15, 0.2) is 0 Å². The molecule has 0 aliphatic rings. The number of halogens is 1. The van der Waals surface area contributed by atoms with Gasteiger partial charge in [-0.25, -0.2) is 0 Å². The van der Waals surface area contributed by atoms with Gasteiger partial charge in [-0.05, 0) is 5.92 Å². The zero-order chi connectivity index (χ0) is 10.0. The van der Waals surface area contributed by atoms with E-state index in [9.17, 15) is 10.1 Å². The molecule has 0 aromatic carbocycles. The summed E-state index contributed by atoms with van der Waals surface area (Å²) in [6, 6.07) is 0. The van der Waals surface area contributed by atoms with Gasteiger partial charge in [-0.2, -0.15) is 0 Å². The first-order valence-corrected chi connectivity index (χ1v) is 4.19. The Kier molecular flexibility index (Phi) is 2.83. The van der Waals surface area contributed by atoms with Crippen molar-refractivity contribution in [2.24, 2.45) is 0 Å². The average molecular weight is 201 g/mol. The maximum absolute atomic E-state index is 10.6. The highest BCUT2D eigenvalue weighted by atomic mass is 35.5. The van der Waals surface area contributed by atoms with Crippen LogP contribution in [-0.4, -0.2) is 9.91 Å². The van der Waals surface area contributed by atoms with Gasteiger partial charge in [0.05, 0.1) is 15.5 Å². The van der Waals surface area contributed by atoms with Gasteiger partial charge in [-0.1, -0.05) is 25.4 Å². The highest BCUT2D eigenvalue weighted by Gasteiger charge is 2.19. The Morgan fingerprint density at radius 1 is 1.54 bits per heavy atom. The van der Waals surface area contributed by atoms with E-state index in [1.54, 1.807) is 0 Å². The largest absolute Gasteiger partial charge is 0.292 e. The minimum absolute atomic E-state index is 0.0116. The fourth-order valence-corrected chi connectivity index (χ4v) is 1.52. The predicted molar refractivity (Wildman–Crippen MR) is 50.0 cm³/mol. The van der Waals surface area contributed by atoms with E-state index in [4.69, 9.17) is 11.6 Å². The lowest BCUT2D eigenvalue weighted by molar-refractivity contribution is -0.386. The van der Waals surface area contributed by atoms with Crippen molar-refractivity contribution in [3.63, 3.8) is 0 Å². The second-order valence-corrected chi connectivity index (χ2v) is 3.37. The third-order valence-corrected chi connectivity index (χ3v) is 1.99. The van der Waals surface area contributed by atoms with Crippen molar-refractivity contribution < 1.29 is 4.92 Å². The summed E-state index contributed by atoms with van der Waals surface area (Å²) in [6.07, 6.45) is 2.64. The number of pyridine rings is 1. The van der Waals surface area contributed by atoms with E-state index in [1.807, 2.05) is 13.8 Å². The quantitative estimate of drug-likeness (QED) is 0.545. The third kappa shape index (κ3) is 1.95. The maximum Gasteiger partial charge on any atom is 0.292 e. The molecule has 0 aliphatic carbocycles. The molecule has 70 valence electrons. The van der Waals surface area contributed by atoms with Crippen molar-refractivity contribution in [2.75, 3.05) is 0 Å². The molecule has 0 bridgehead atoms. The van der Waals surface area contributed by atoms with Crippen molar-refractivity contribution in [3.8, 4) is 0 Å². The Hall–Kier alpha value is -1.16. The lowest BCUT2D eigenvalue weighted by Crippen LogP contribution is -1.99. The lowest BCUT2D eigenvalue weighted by atomic mass is 10.0. The summed E-state index contributed by atoms with van der Waals surface area (Å²) in [5.41, 5.74) is 0.532. The molecule has 5 heteroatoms. The highest BCUT2D eigenvalue weighted by Crippen LogP contribution is 2.31. The van der Waals surface area contributed by atoms with Crippen LogP contribution in [0, 0.1) is 10.1 Å². The first-order valence-electron chi connectivity index (χ1n) is 3.81. The summed E-state index contributed by atoms with van der Waals surface area (Å²) in [5.74, 6) is 0.0240. The summed E-state index contributed by atoms with van der Waals surface area (Å²) in [7, 11) is 0. The molecule has 1 heterocycles. The predicted octanol–water partition coefficient (Wildman–Crippen LogP) is 2.77. The van der Waals surface area contributed by atoms with E-state index >= 15 is 0 Å². The molecule has 1 rings (SSSR count). The summed E-state index contributed by atoms with van der Waals surface area (Å²) in [4.78, 5) is 13.8. The molecule has 0 atom stereocenters. The Bertz CT molecular complexity index is 339. The number of rotatable bonds is 2. The molecule has 0 N–H and O–H groups in total. The molecule has 1 aromatic heterocycles. The van der Waals surface area contributed by atoms with Crippen LogP contribution in [0.2, 0.25) is 5.02 Å². The zero-order valence-electron chi connectivity index (χ0n) is 7.32. The van der Waals surface area contributed by atoms with Crippen molar-refractivity contribution in [1.82, 2.24) is 4.98 Å². The first kappa shape index (κ1) is 9.92. The van der Waals surface area contributed by atoms with Crippen LogP contribution in [0.4, 0.5) is 5.69 Å². The molecule has 0 unspecified atom stereocenters. The standard InChI is InChI=1S/C8H9ClN2O2/c1-5(2)8-6(9)3-10-4-7(8)11(12)13/h3-5H,1-2H3. The Balaban J connectivity index is 3.34. The Morgan fingerprint density at radius 3 is 2.54 bits per heavy atom. The number of aromatic nitrogens is 1. The Labute approximate surface area is 80.7 Å². The molecular formula is C8H9ClN2O2. The molecule has 0 radical (unpaired) electrons. The molecule has 0 aliphatic heterocycles. The number of nitrogens with zero attached hydrogens (tertiary/aromatic N) is 2. The van der Waals surface area contributed by atoms with E-state index in [1.165, 1.54) is 12.4 Å². The van der Waals surface area contributed by atoms with E-state index in [0.717, 1.165) is 0 Å². The van der Waals surface area contributed by atoms with Crippen molar-refractivity contribution >= 4 is 17.3 Å². The second kappa shape index (κ2) is 3.70. The zero-order valence-corrected chi connectivity index (χ0v) is 8.08. The summed E-state index contributed by atoms with van der Waals surface area (Å²) >= 11 is 5.80. The molecular weight excluding hydrogens is 192 g/mol. The average Bonchev–Trinajstić information content (AvgIpc) is 2.02. The normalized spacial score (nSPS) is 10.5. The van der Waals surface area contributed by atoms with E-state index < -0.39 is 4.92 Å². The van der Waals surface area contributed by atoms with Crippen LogP contribution < -0.4 is 0 Å². The molecule has 1 aromatic rings. The van der Waals surface area contributed by atoms with Gasteiger partial charge in [-0.3, -0.25) is 15.1 Å².